The van der Waals surface area contributed by atoms with E-state index in [1.54, 1.807) is 22.6 Å². The minimum absolute atomic E-state index is 0.157. The molecule has 3 aromatic rings. The van der Waals surface area contributed by atoms with Crippen LogP contribution in [-0.2, 0) is 12.7 Å². The predicted molar refractivity (Wildman–Crippen MR) is 119 cm³/mol. The molecule has 2 heterocycles. The number of carbonyl (C=O) groups is 1. The fourth-order valence-corrected chi connectivity index (χ4v) is 3.64. The van der Waals surface area contributed by atoms with Gasteiger partial charge in [0.25, 0.3) is 5.91 Å². The first kappa shape index (κ1) is 23.8. The largest absolute Gasteiger partial charge is 0.416 e. The molecule has 3 rings (SSSR count). The van der Waals surface area contributed by atoms with Gasteiger partial charge in [-0.1, -0.05) is 25.6 Å². The molecule has 1 amide bonds. The highest BCUT2D eigenvalue weighted by molar-refractivity contribution is 7.99. The molecule has 7 nitrogen and oxygen atoms in total. The lowest BCUT2D eigenvalue weighted by Gasteiger charge is -2.13. The number of anilines is 1. The molecule has 0 fully saturated rings. The summed E-state index contributed by atoms with van der Waals surface area (Å²) < 4.78 is 39.7. The summed E-state index contributed by atoms with van der Waals surface area (Å²) in [7, 11) is 0. The summed E-state index contributed by atoms with van der Waals surface area (Å²) >= 11 is 1.54. The van der Waals surface area contributed by atoms with E-state index in [1.807, 2.05) is 13.8 Å². The van der Waals surface area contributed by atoms with Gasteiger partial charge in [0.05, 0.1) is 23.7 Å². The number of hydrogen-bond donors (Lipinski definition) is 2. The lowest BCUT2D eigenvalue weighted by atomic mass is 10.1. The van der Waals surface area contributed by atoms with Crippen LogP contribution >= 0.6 is 11.8 Å². The van der Waals surface area contributed by atoms with Gasteiger partial charge in [-0.05, 0) is 38.1 Å². The molecule has 0 spiro atoms. The molecule has 32 heavy (non-hydrogen) atoms. The second-order valence-corrected chi connectivity index (χ2v) is 9.30. The van der Waals surface area contributed by atoms with Crippen molar-refractivity contribution in [3.05, 3.63) is 41.6 Å². The molecule has 2 aromatic heterocycles. The lowest BCUT2D eigenvalue weighted by molar-refractivity contribution is -0.137. The molecular formula is C21H25F3N6OS. The predicted octanol–water partition coefficient (Wildman–Crippen LogP) is 4.60. The molecule has 11 heteroatoms. The van der Waals surface area contributed by atoms with Gasteiger partial charge in [-0.15, -0.1) is 0 Å². The molecule has 1 aromatic carbocycles. The third kappa shape index (κ3) is 5.90. The average Bonchev–Trinajstić information content (AvgIpc) is 3.09. The van der Waals surface area contributed by atoms with Crippen LogP contribution in [0.4, 0.5) is 19.0 Å². The van der Waals surface area contributed by atoms with E-state index in [9.17, 15) is 18.0 Å². The molecule has 0 bridgehead atoms. The summed E-state index contributed by atoms with van der Waals surface area (Å²) in [6.45, 7) is 8.73. The Labute approximate surface area is 188 Å². The zero-order valence-corrected chi connectivity index (χ0v) is 19.0. The molecule has 0 unspecified atom stereocenters. The van der Waals surface area contributed by atoms with Crippen LogP contribution < -0.4 is 10.6 Å². The van der Waals surface area contributed by atoms with Crippen LogP contribution in [0.5, 0.6) is 0 Å². The number of aromatic nitrogens is 4. The molecule has 0 aliphatic carbocycles. The maximum absolute atomic E-state index is 12.7. The topological polar surface area (TPSA) is 84.7 Å². The van der Waals surface area contributed by atoms with E-state index in [0.29, 0.717) is 28.4 Å². The highest BCUT2D eigenvalue weighted by atomic mass is 32.2. The molecule has 0 aliphatic heterocycles. The second-order valence-electron chi connectivity index (χ2n) is 7.76. The smallest absolute Gasteiger partial charge is 0.367 e. The van der Waals surface area contributed by atoms with Gasteiger partial charge >= 0.3 is 6.18 Å². The quantitative estimate of drug-likeness (QED) is 0.373. The van der Waals surface area contributed by atoms with Gasteiger partial charge < -0.3 is 10.6 Å². The zero-order chi connectivity index (χ0) is 23.5. The van der Waals surface area contributed by atoms with Crippen LogP contribution in [0.15, 0.2) is 35.6 Å². The van der Waals surface area contributed by atoms with Gasteiger partial charge in [-0.3, -0.25) is 4.79 Å². The van der Waals surface area contributed by atoms with E-state index >= 15 is 0 Å². The summed E-state index contributed by atoms with van der Waals surface area (Å²) in [6, 6.07) is 4.28. The third-order valence-electron chi connectivity index (χ3n) is 4.33. The van der Waals surface area contributed by atoms with Gasteiger partial charge in [0.2, 0.25) is 0 Å². The number of nitrogens with zero attached hydrogens (tertiary/aromatic N) is 4. The highest BCUT2D eigenvalue weighted by Gasteiger charge is 2.30. The Kier molecular flexibility index (Phi) is 7.27. The molecule has 0 atom stereocenters. The second kappa shape index (κ2) is 9.76. The Balaban J connectivity index is 1.72. The Bertz CT molecular complexity index is 1080. The first-order valence-corrected chi connectivity index (χ1v) is 11.0. The van der Waals surface area contributed by atoms with E-state index < -0.39 is 17.6 Å². The van der Waals surface area contributed by atoms with Crippen molar-refractivity contribution < 1.29 is 18.0 Å². The van der Waals surface area contributed by atoms with Crippen LogP contribution in [0.25, 0.3) is 11.0 Å². The number of carbonyl (C=O) groups excluding carboxylic acids is 1. The number of fused-ring (bicyclic) bond motifs is 1. The fourth-order valence-electron chi connectivity index (χ4n) is 2.93. The summed E-state index contributed by atoms with van der Waals surface area (Å²) in [5.74, 6) is 0.246. The Hall–Kier alpha value is -2.82. The number of thioether (sulfide) groups is 1. The molecule has 172 valence electrons. The molecular weight excluding hydrogens is 441 g/mol. The van der Waals surface area contributed by atoms with Crippen molar-refractivity contribution in [2.45, 2.75) is 56.9 Å². The average molecular weight is 467 g/mol. The number of halogens is 3. The van der Waals surface area contributed by atoms with E-state index in [-0.39, 0.29) is 18.2 Å². The number of amides is 1. The van der Waals surface area contributed by atoms with Crippen molar-refractivity contribution in [1.29, 1.82) is 0 Å². The number of benzene rings is 1. The molecule has 0 radical (unpaired) electrons. The Morgan fingerprint density at radius 1 is 1.12 bits per heavy atom. The monoisotopic (exact) mass is 466 g/mol. The molecule has 0 saturated carbocycles. The van der Waals surface area contributed by atoms with Gasteiger partial charge in [0, 0.05) is 23.4 Å². The third-order valence-corrected chi connectivity index (χ3v) is 5.19. The van der Waals surface area contributed by atoms with Crippen LogP contribution in [0.3, 0.4) is 0 Å². The first-order valence-electron chi connectivity index (χ1n) is 10.2. The molecule has 0 saturated heterocycles. The van der Waals surface area contributed by atoms with Crippen molar-refractivity contribution in [2.24, 2.45) is 0 Å². The number of rotatable bonds is 8. The number of nitrogens with one attached hydrogen (secondary N) is 2. The van der Waals surface area contributed by atoms with Crippen molar-refractivity contribution in [3.63, 3.8) is 0 Å². The molecule has 0 aliphatic rings. The van der Waals surface area contributed by atoms with Gasteiger partial charge in [0.15, 0.2) is 10.8 Å². The summed E-state index contributed by atoms with van der Waals surface area (Å²) in [4.78, 5) is 21.5. The van der Waals surface area contributed by atoms with Gasteiger partial charge in [0.1, 0.15) is 5.82 Å². The minimum Gasteiger partial charge on any atom is -0.367 e. The zero-order valence-electron chi connectivity index (χ0n) is 18.2. The molecule has 2 N–H and O–H groups in total. The minimum atomic E-state index is -4.44. The van der Waals surface area contributed by atoms with Gasteiger partial charge in [-0.25, -0.2) is 14.6 Å². The van der Waals surface area contributed by atoms with E-state index in [4.69, 9.17) is 0 Å². The van der Waals surface area contributed by atoms with Crippen LogP contribution in [0.1, 0.15) is 43.6 Å². The van der Waals surface area contributed by atoms with Gasteiger partial charge in [-0.2, -0.15) is 18.3 Å². The number of alkyl halides is 3. The van der Waals surface area contributed by atoms with Crippen LogP contribution in [0, 0.1) is 0 Å². The van der Waals surface area contributed by atoms with Crippen molar-refractivity contribution in [3.8, 4) is 0 Å². The highest BCUT2D eigenvalue weighted by Crippen LogP contribution is 2.29. The normalized spacial score (nSPS) is 12.0. The van der Waals surface area contributed by atoms with Crippen LogP contribution in [0.2, 0.25) is 0 Å². The summed E-state index contributed by atoms with van der Waals surface area (Å²) in [6.07, 6.45) is -2.75. The standard InChI is InChI=1S/C21H25F3N6OS/c1-12(2)27-17-16-11-26-30(18(16)29-20(28-17)32-13(3)4)10-9-25-19(31)14-5-7-15(8-6-14)21(22,23)24/h5-8,11-13H,9-10H2,1-4H3,(H,25,31)(H,27,28,29). The van der Waals surface area contributed by atoms with Crippen molar-refractivity contribution >= 4 is 34.5 Å². The van der Waals surface area contributed by atoms with E-state index in [1.165, 1.54) is 0 Å². The maximum Gasteiger partial charge on any atom is 0.416 e. The number of hydrogen-bond acceptors (Lipinski definition) is 6. The lowest BCUT2D eigenvalue weighted by Crippen LogP contribution is -2.27. The van der Waals surface area contributed by atoms with E-state index in [0.717, 1.165) is 29.7 Å². The van der Waals surface area contributed by atoms with Crippen molar-refractivity contribution in [2.75, 3.05) is 11.9 Å². The van der Waals surface area contributed by atoms with E-state index in [2.05, 4.69) is 39.5 Å². The first-order chi connectivity index (χ1) is 15.0. The summed E-state index contributed by atoms with van der Waals surface area (Å²) in [5, 5.41) is 12.1. The fraction of sp³-hybridized carbons (Fsp3) is 0.429. The van der Waals surface area contributed by atoms with Crippen molar-refractivity contribution in [1.82, 2.24) is 25.1 Å². The van der Waals surface area contributed by atoms with Crippen LogP contribution in [-0.4, -0.2) is 43.5 Å². The Morgan fingerprint density at radius 2 is 1.81 bits per heavy atom. The SMILES string of the molecule is CC(C)Nc1nc(SC(C)C)nc2c1cnn2CCNC(=O)c1ccc(C(F)(F)F)cc1. The summed E-state index contributed by atoms with van der Waals surface area (Å²) in [5.41, 5.74) is 0.0115. The Morgan fingerprint density at radius 3 is 2.41 bits per heavy atom. The maximum atomic E-state index is 12.7.